The molecule has 0 atom stereocenters. The topological polar surface area (TPSA) is 86.6 Å². The number of halogens is 2. The number of methoxy groups -OCH3 is 1. The van der Waals surface area contributed by atoms with Gasteiger partial charge in [0.15, 0.2) is 5.75 Å². The number of ether oxygens (including phenoxy) is 2. The lowest BCUT2D eigenvalue weighted by atomic mass is 10.2. The third-order valence-electron chi connectivity index (χ3n) is 5.66. The number of sulfonamides is 1. The van der Waals surface area contributed by atoms with E-state index in [2.05, 4.69) is 4.72 Å². The summed E-state index contributed by atoms with van der Waals surface area (Å²) in [5, 5.41) is 0.934. The van der Waals surface area contributed by atoms with E-state index >= 15 is 0 Å². The van der Waals surface area contributed by atoms with E-state index in [-0.39, 0.29) is 21.2 Å². The highest BCUT2D eigenvalue weighted by atomic mass is 35.5. The Balaban J connectivity index is 1.44. The molecule has 0 aliphatic rings. The highest BCUT2D eigenvalue weighted by molar-refractivity contribution is 7.92. The van der Waals surface area contributed by atoms with Crippen LogP contribution in [0.5, 0.6) is 17.2 Å². The largest absolute Gasteiger partial charge is 0.497 e. The molecule has 0 bridgehead atoms. The summed E-state index contributed by atoms with van der Waals surface area (Å²) in [6, 6.07) is 23.3. The van der Waals surface area contributed by atoms with Gasteiger partial charge in [0.2, 0.25) is 0 Å². The third-order valence-corrected chi connectivity index (χ3v) is 8.45. The van der Waals surface area contributed by atoms with Crippen molar-refractivity contribution in [2.24, 2.45) is 0 Å². The summed E-state index contributed by atoms with van der Waals surface area (Å²) in [6.07, 6.45) is 0. The summed E-state index contributed by atoms with van der Waals surface area (Å²) in [7, 11) is -2.51. The molecule has 0 amide bonds. The zero-order valence-electron chi connectivity index (χ0n) is 19.9. The van der Waals surface area contributed by atoms with Gasteiger partial charge in [-0.05, 0) is 66.2 Å². The highest BCUT2D eigenvalue weighted by Gasteiger charge is 2.20. The molecule has 0 radical (unpaired) electrons. The number of hydrogen-bond donors (Lipinski definition) is 1. The van der Waals surface area contributed by atoms with Gasteiger partial charge in [0.1, 0.15) is 11.5 Å². The summed E-state index contributed by atoms with van der Waals surface area (Å²) < 4.78 is 42.6. The number of nitrogens with zero attached hydrogens (tertiary/aromatic N) is 1. The molecule has 0 aliphatic heterocycles. The lowest BCUT2D eigenvalue weighted by Gasteiger charge is -2.14. The van der Waals surface area contributed by atoms with Crippen molar-refractivity contribution in [3.05, 3.63) is 110 Å². The number of aromatic nitrogens is 1. The fourth-order valence-electron chi connectivity index (χ4n) is 3.80. The number of thiazole rings is 1. The van der Waals surface area contributed by atoms with Gasteiger partial charge in [0, 0.05) is 16.1 Å². The monoisotopic (exact) mass is 586 g/mol. The van der Waals surface area contributed by atoms with Gasteiger partial charge in [-0.15, -0.1) is 0 Å². The van der Waals surface area contributed by atoms with Gasteiger partial charge in [-0.3, -0.25) is 14.1 Å². The standard InChI is InChI=1S/C27H20Cl2N2O5S2/c1-35-20-3-2-4-21(14-20)36-25-12-9-19(29)13-23(25)30-38(33,34)22-10-11-24-26(15-22)37-27(32)31(24)16-17-5-7-18(28)8-6-17/h2-15,30H,16H2,1H3. The Hall–Kier alpha value is -3.50. The van der Waals surface area contributed by atoms with Gasteiger partial charge in [0.25, 0.3) is 10.0 Å². The smallest absolute Gasteiger partial charge is 0.308 e. The molecule has 0 unspecified atom stereocenters. The van der Waals surface area contributed by atoms with Crippen LogP contribution in [0, 0.1) is 0 Å². The van der Waals surface area contributed by atoms with E-state index in [1.807, 2.05) is 12.1 Å². The van der Waals surface area contributed by atoms with Crippen molar-refractivity contribution in [3.8, 4) is 17.2 Å². The molecule has 194 valence electrons. The fourth-order valence-corrected chi connectivity index (χ4v) is 6.19. The number of hydrogen-bond acceptors (Lipinski definition) is 6. The number of anilines is 1. The zero-order valence-corrected chi connectivity index (χ0v) is 23.0. The van der Waals surface area contributed by atoms with Crippen molar-refractivity contribution in [2.75, 3.05) is 11.8 Å². The minimum atomic E-state index is -4.05. The molecule has 0 saturated heterocycles. The Morgan fingerprint density at radius 3 is 2.39 bits per heavy atom. The van der Waals surface area contributed by atoms with Gasteiger partial charge in [-0.2, -0.15) is 0 Å². The van der Waals surface area contributed by atoms with Crippen molar-refractivity contribution in [1.82, 2.24) is 4.57 Å². The average Bonchev–Trinajstić information content (AvgIpc) is 3.21. The van der Waals surface area contributed by atoms with Crippen LogP contribution in [0.4, 0.5) is 5.69 Å². The maximum Gasteiger partial charge on any atom is 0.308 e. The van der Waals surface area contributed by atoms with Crippen molar-refractivity contribution in [3.63, 3.8) is 0 Å². The molecular formula is C27H20Cl2N2O5S2. The minimum absolute atomic E-state index is 0.00259. The first kappa shape index (κ1) is 26.1. The van der Waals surface area contributed by atoms with Crippen LogP contribution in [0.25, 0.3) is 10.2 Å². The van der Waals surface area contributed by atoms with Crippen LogP contribution in [0.1, 0.15) is 5.56 Å². The Bertz CT molecular complexity index is 1800. The minimum Gasteiger partial charge on any atom is -0.497 e. The Labute approximate surface area is 232 Å². The summed E-state index contributed by atoms with van der Waals surface area (Å²) in [5.74, 6) is 1.31. The van der Waals surface area contributed by atoms with Crippen LogP contribution in [0.2, 0.25) is 10.0 Å². The SMILES string of the molecule is COc1cccc(Oc2ccc(Cl)cc2NS(=O)(=O)c2ccc3c(c2)sc(=O)n3Cc2ccc(Cl)cc2)c1. The van der Waals surface area contributed by atoms with E-state index in [4.69, 9.17) is 32.7 Å². The molecule has 0 fully saturated rings. The number of rotatable bonds is 8. The van der Waals surface area contributed by atoms with Crippen LogP contribution in [0.3, 0.4) is 0 Å². The molecule has 1 N–H and O–H groups in total. The molecule has 1 heterocycles. The lowest BCUT2D eigenvalue weighted by molar-refractivity contribution is 0.409. The molecule has 1 aromatic heterocycles. The van der Waals surface area contributed by atoms with Crippen LogP contribution in [-0.4, -0.2) is 20.1 Å². The first-order valence-corrected chi connectivity index (χ1v) is 14.3. The summed E-state index contributed by atoms with van der Waals surface area (Å²) in [6.45, 7) is 0.341. The molecule has 4 aromatic carbocycles. The lowest BCUT2D eigenvalue weighted by Crippen LogP contribution is -2.14. The van der Waals surface area contributed by atoms with Crippen LogP contribution in [0.15, 0.2) is 94.6 Å². The van der Waals surface area contributed by atoms with Gasteiger partial charge in [-0.25, -0.2) is 8.42 Å². The van der Waals surface area contributed by atoms with Gasteiger partial charge >= 0.3 is 4.87 Å². The van der Waals surface area contributed by atoms with E-state index in [0.717, 1.165) is 16.9 Å². The fraction of sp³-hybridized carbons (Fsp3) is 0.0741. The molecule has 38 heavy (non-hydrogen) atoms. The van der Waals surface area contributed by atoms with Crippen molar-refractivity contribution in [1.29, 1.82) is 0 Å². The van der Waals surface area contributed by atoms with Gasteiger partial charge in [0.05, 0.1) is 34.5 Å². The second-order valence-electron chi connectivity index (χ2n) is 8.24. The maximum atomic E-state index is 13.4. The molecule has 5 rings (SSSR count). The number of fused-ring (bicyclic) bond motifs is 1. The quantitative estimate of drug-likeness (QED) is 0.211. The second kappa shape index (κ2) is 10.7. The molecule has 0 saturated carbocycles. The Kier molecular flexibility index (Phi) is 7.36. The van der Waals surface area contributed by atoms with E-state index < -0.39 is 10.0 Å². The normalized spacial score (nSPS) is 11.4. The highest BCUT2D eigenvalue weighted by Crippen LogP contribution is 2.35. The first-order valence-electron chi connectivity index (χ1n) is 11.2. The van der Waals surface area contributed by atoms with E-state index in [1.165, 1.54) is 18.2 Å². The predicted octanol–water partition coefficient (Wildman–Crippen LogP) is 7.02. The average molecular weight is 588 g/mol. The first-order chi connectivity index (χ1) is 18.2. The third kappa shape index (κ3) is 5.66. The van der Waals surface area contributed by atoms with E-state index in [9.17, 15) is 13.2 Å². The van der Waals surface area contributed by atoms with Crippen molar-refractivity contribution < 1.29 is 17.9 Å². The Morgan fingerprint density at radius 1 is 0.895 bits per heavy atom. The summed E-state index contributed by atoms with van der Waals surface area (Å²) in [5.41, 5.74) is 1.70. The molecular weight excluding hydrogens is 567 g/mol. The summed E-state index contributed by atoms with van der Waals surface area (Å²) >= 11 is 13.1. The van der Waals surface area contributed by atoms with E-state index in [1.54, 1.807) is 66.3 Å². The van der Waals surface area contributed by atoms with Crippen LogP contribution < -0.4 is 19.1 Å². The van der Waals surface area contributed by atoms with Gasteiger partial charge < -0.3 is 9.47 Å². The van der Waals surface area contributed by atoms with Crippen LogP contribution >= 0.6 is 34.5 Å². The molecule has 11 heteroatoms. The molecule has 0 spiro atoms. The Morgan fingerprint density at radius 2 is 1.63 bits per heavy atom. The summed E-state index contributed by atoms with van der Waals surface area (Å²) in [4.78, 5) is 12.5. The van der Waals surface area contributed by atoms with Crippen LogP contribution in [-0.2, 0) is 16.6 Å². The predicted molar refractivity (Wildman–Crippen MR) is 152 cm³/mol. The number of benzene rings is 4. The molecule has 0 aliphatic carbocycles. The number of nitrogens with one attached hydrogen (secondary N) is 1. The van der Waals surface area contributed by atoms with E-state index in [0.29, 0.717) is 38.3 Å². The molecule has 7 nitrogen and oxygen atoms in total. The van der Waals surface area contributed by atoms with Crippen molar-refractivity contribution in [2.45, 2.75) is 11.4 Å². The second-order valence-corrected chi connectivity index (χ2v) is 11.8. The van der Waals surface area contributed by atoms with Crippen molar-refractivity contribution >= 4 is 60.5 Å². The maximum absolute atomic E-state index is 13.4. The zero-order chi connectivity index (χ0) is 26.9. The molecule has 5 aromatic rings. The van der Waals surface area contributed by atoms with Gasteiger partial charge in [-0.1, -0.05) is 52.7 Å².